The number of rotatable bonds is 0. The number of thiophene rings is 1. The van der Waals surface area contributed by atoms with E-state index in [9.17, 15) is 5.11 Å². The van der Waals surface area contributed by atoms with Crippen molar-refractivity contribution in [3.05, 3.63) is 39.4 Å². The van der Waals surface area contributed by atoms with E-state index in [2.05, 4.69) is 19.1 Å². The second kappa shape index (κ2) is 4.12. The van der Waals surface area contributed by atoms with Crippen LogP contribution in [0.3, 0.4) is 0 Å². The van der Waals surface area contributed by atoms with E-state index in [1.54, 1.807) is 11.3 Å². The lowest BCUT2D eigenvalue weighted by Gasteiger charge is -2.05. The Labute approximate surface area is 121 Å². The minimum absolute atomic E-state index is 0.402. The Balaban J connectivity index is 2.61. The molecule has 1 nitrogen and oxygen atoms in total. The van der Waals surface area contributed by atoms with E-state index in [0.29, 0.717) is 5.75 Å². The number of halogens is 1. The van der Waals surface area contributed by atoms with Crippen LogP contribution in [0.25, 0.3) is 20.2 Å². The van der Waals surface area contributed by atoms with Crippen LogP contribution in [0, 0.1) is 27.7 Å². The molecule has 3 heteroatoms. The van der Waals surface area contributed by atoms with Crippen molar-refractivity contribution >= 4 is 43.1 Å². The van der Waals surface area contributed by atoms with Gasteiger partial charge in [0.2, 0.25) is 0 Å². The van der Waals surface area contributed by atoms with Crippen LogP contribution in [-0.4, -0.2) is 5.11 Å². The summed E-state index contributed by atoms with van der Waals surface area (Å²) < 4.78 is 2.38. The van der Waals surface area contributed by atoms with Crippen LogP contribution in [-0.2, 0) is 0 Å². The predicted octanol–water partition coefficient (Wildman–Crippen LogP) is 5.65. The molecule has 1 aromatic heterocycles. The number of aromatic hydroxyl groups is 1. The lowest BCUT2D eigenvalue weighted by molar-refractivity contribution is 0.468. The van der Waals surface area contributed by atoms with Gasteiger partial charge in [0.05, 0.1) is 0 Å². The average Bonchev–Trinajstić information content (AvgIpc) is 2.73. The molecule has 0 atom stereocenters. The molecule has 0 unspecified atom stereocenters. The van der Waals surface area contributed by atoms with E-state index in [4.69, 9.17) is 11.6 Å². The quantitative estimate of drug-likeness (QED) is 0.567. The molecular formula is C16H15ClOS. The van der Waals surface area contributed by atoms with Crippen LogP contribution in [0.15, 0.2) is 12.1 Å². The molecule has 0 saturated heterocycles. The van der Waals surface area contributed by atoms with Crippen LogP contribution in [0.4, 0.5) is 0 Å². The lowest BCUT2D eigenvalue weighted by atomic mass is 10.0. The maximum atomic E-state index is 10.1. The molecule has 0 spiro atoms. The molecule has 0 aliphatic rings. The first-order valence-corrected chi connectivity index (χ1v) is 7.42. The maximum absolute atomic E-state index is 10.1. The third-order valence-corrected chi connectivity index (χ3v) is 5.83. The van der Waals surface area contributed by atoms with Gasteiger partial charge >= 0.3 is 0 Å². The highest BCUT2D eigenvalue weighted by Gasteiger charge is 2.15. The van der Waals surface area contributed by atoms with Crippen molar-refractivity contribution in [3.8, 4) is 5.75 Å². The Bertz CT molecular complexity index is 762. The van der Waals surface area contributed by atoms with Crippen molar-refractivity contribution in [1.82, 2.24) is 0 Å². The zero-order valence-electron chi connectivity index (χ0n) is 11.4. The monoisotopic (exact) mass is 290 g/mol. The Kier molecular flexibility index (Phi) is 2.77. The summed E-state index contributed by atoms with van der Waals surface area (Å²) in [5.41, 5.74) is 4.13. The van der Waals surface area contributed by atoms with Crippen molar-refractivity contribution in [2.45, 2.75) is 27.7 Å². The zero-order chi connectivity index (χ0) is 13.9. The fourth-order valence-corrected chi connectivity index (χ4v) is 4.14. The normalized spacial score (nSPS) is 11.6. The Morgan fingerprint density at radius 2 is 1.42 bits per heavy atom. The summed E-state index contributed by atoms with van der Waals surface area (Å²) in [5, 5.41) is 13.4. The third kappa shape index (κ3) is 1.67. The van der Waals surface area contributed by atoms with Crippen molar-refractivity contribution in [3.63, 3.8) is 0 Å². The van der Waals surface area contributed by atoms with E-state index < -0.39 is 0 Å². The number of hydrogen-bond donors (Lipinski definition) is 1. The summed E-state index contributed by atoms with van der Waals surface area (Å²) in [5.74, 6) is 0.402. The minimum atomic E-state index is 0.402. The first kappa shape index (κ1) is 12.8. The van der Waals surface area contributed by atoms with Crippen molar-refractivity contribution in [1.29, 1.82) is 0 Å². The van der Waals surface area contributed by atoms with E-state index in [-0.39, 0.29) is 0 Å². The van der Waals surface area contributed by atoms with Gasteiger partial charge in [-0.2, -0.15) is 0 Å². The zero-order valence-corrected chi connectivity index (χ0v) is 13.0. The minimum Gasteiger partial charge on any atom is -0.507 e. The Hall–Kier alpha value is -1.25. The third-order valence-electron chi connectivity index (χ3n) is 3.79. The highest BCUT2D eigenvalue weighted by Crippen LogP contribution is 2.43. The van der Waals surface area contributed by atoms with Gasteiger partial charge in [-0.1, -0.05) is 11.6 Å². The standard InChI is InChI=1S/C16H15ClOS/c1-7-5-11-12-6-8(2)14(18)10(4)16(12)19-15(11)9(3)13(7)17/h5-6,18H,1-4H3. The second-order valence-corrected chi connectivity index (χ2v) is 6.55. The van der Waals surface area contributed by atoms with Crippen LogP contribution in [0.1, 0.15) is 22.3 Å². The molecule has 0 fully saturated rings. The van der Waals surface area contributed by atoms with Gasteiger partial charge in [-0.05, 0) is 56.5 Å². The van der Waals surface area contributed by atoms with Crippen LogP contribution in [0.2, 0.25) is 5.02 Å². The largest absolute Gasteiger partial charge is 0.507 e. The van der Waals surface area contributed by atoms with Crippen LogP contribution in [0.5, 0.6) is 5.75 Å². The van der Waals surface area contributed by atoms with Gasteiger partial charge in [-0.25, -0.2) is 0 Å². The molecule has 0 aliphatic heterocycles. The summed E-state index contributed by atoms with van der Waals surface area (Å²) in [4.78, 5) is 0. The predicted molar refractivity (Wildman–Crippen MR) is 85.0 cm³/mol. The molecule has 1 heterocycles. The molecule has 0 bridgehead atoms. The summed E-state index contributed by atoms with van der Waals surface area (Å²) in [6, 6.07) is 4.22. The van der Waals surface area contributed by atoms with Gasteiger partial charge in [0.1, 0.15) is 5.75 Å². The summed E-state index contributed by atoms with van der Waals surface area (Å²) in [6.45, 7) is 8.03. The van der Waals surface area contributed by atoms with E-state index in [0.717, 1.165) is 32.0 Å². The first-order chi connectivity index (χ1) is 8.91. The van der Waals surface area contributed by atoms with Gasteiger partial charge in [-0.3, -0.25) is 0 Å². The van der Waals surface area contributed by atoms with Crippen LogP contribution < -0.4 is 0 Å². The summed E-state index contributed by atoms with van der Waals surface area (Å²) in [6.07, 6.45) is 0. The van der Waals surface area contributed by atoms with Gasteiger partial charge in [-0.15, -0.1) is 11.3 Å². The van der Waals surface area contributed by atoms with E-state index in [1.807, 2.05) is 20.8 Å². The molecule has 98 valence electrons. The molecule has 0 radical (unpaired) electrons. The number of fused-ring (bicyclic) bond motifs is 3. The Morgan fingerprint density at radius 3 is 2.05 bits per heavy atom. The van der Waals surface area contributed by atoms with Crippen molar-refractivity contribution in [2.24, 2.45) is 0 Å². The van der Waals surface area contributed by atoms with Crippen molar-refractivity contribution < 1.29 is 5.11 Å². The highest BCUT2D eigenvalue weighted by molar-refractivity contribution is 7.26. The number of benzene rings is 2. The van der Waals surface area contributed by atoms with Gasteiger partial charge in [0.15, 0.2) is 0 Å². The fraction of sp³-hybridized carbons (Fsp3) is 0.250. The molecule has 19 heavy (non-hydrogen) atoms. The average molecular weight is 291 g/mol. The molecule has 0 saturated carbocycles. The topological polar surface area (TPSA) is 20.2 Å². The molecule has 3 aromatic rings. The van der Waals surface area contributed by atoms with Crippen LogP contribution >= 0.6 is 22.9 Å². The molecule has 1 N–H and O–H groups in total. The molecule has 3 rings (SSSR count). The first-order valence-electron chi connectivity index (χ1n) is 6.23. The number of hydrogen-bond acceptors (Lipinski definition) is 2. The summed E-state index contributed by atoms with van der Waals surface area (Å²) >= 11 is 8.06. The number of aryl methyl sites for hydroxylation is 4. The van der Waals surface area contributed by atoms with E-state index in [1.165, 1.54) is 15.5 Å². The van der Waals surface area contributed by atoms with Gasteiger partial charge in [0.25, 0.3) is 0 Å². The molecular weight excluding hydrogens is 276 g/mol. The smallest absolute Gasteiger partial charge is 0.122 e. The maximum Gasteiger partial charge on any atom is 0.122 e. The highest BCUT2D eigenvalue weighted by atomic mass is 35.5. The fourth-order valence-electron chi connectivity index (χ4n) is 2.66. The van der Waals surface area contributed by atoms with Crippen molar-refractivity contribution in [2.75, 3.05) is 0 Å². The molecule has 0 amide bonds. The molecule has 0 aliphatic carbocycles. The number of phenols is 1. The number of phenolic OH excluding ortho intramolecular Hbond substituents is 1. The second-order valence-electron chi connectivity index (χ2n) is 5.15. The summed E-state index contributed by atoms with van der Waals surface area (Å²) in [7, 11) is 0. The lowest BCUT2D eigenvalue weighted by Crippen LogP contribution is -1.82. The molecule has 2 aromatic carbocycles. The Morgan fingerprint density at radius 1 is 0.895 bits per heavy atom. The van der Waals surface area contributed by atoms with Gasteiger partial charge < -0.3 is 5.11 Å². The van der Waals surface area contributed by atoms with Gasteiger partial charge in [0, 0.05) is 30.8 Å². The SMILES string of the molecule is Cc1cc2c(sc3c(C)c(Cl)c(C)cc32)c(C)c1O. The van der Waals surface area contributed by atoms with E-state index >= 15 is 0 Å².